The Morgan fingerprint density at radius 3 is 2.79 bits per heavy atom. The van der Waals surface area contributed by atoms with E-state index in [4.69, 9.17) is 14.2 Å². The molecule has 0 aliphatic carbocycles. The van der Waals surface area contributed by atoms with Crippen LogP contribution in [0.15, 0.2) is 48.4 Å². The number of fused-ring (bicyclic) bond motifs is 2. The van der Waals surface area contributed by atoms with Gasteiger partial charge >= 0.3 is 5.97 Å². The van der Waals surface area contributed by atoms with Crippen molar-refractivity contribution in [1.82, 2.24) is 4.57 Å². The number of methoxy groups -OCH3 is 1. The molecule has 1 aromatic heterocycles. The SMILES string of the molecule is COCC(=O)Oc1ccc2c(c1C)O/C(=C\c1cn(C)c3ccccc13)C2=O. The predicted molar refractivity (Wildman–Crippen MR) is 105 cm³/mol. The summed E-state index contributed by atoms with van der Waals surface area (Å²) >= 11 is 0. The Labute approximate surface area is 161 Å². The van der Waals surface area contributed by atoms with Crippen molar-refractivity contribution in [2.75, 3.05) is 13.7 Å². The number of carbonyl (C=O) groups excluding carboxylic acids is 2. The van der Waals surface area contributed by atoms with Gasteiger partial charge in [0.1, 0.15) is 18.1 Å². The van der Waals surface area contributed by atoms with Gasteiger partial charge in [0.05, 0.1) is 5.56 Å². The summed E-state index contributed by atoms with van der Waals surface area (Å²) in [5.41, 5.74) is 3.02. The van der Waals surface area contributed by atoms with Gasteiger partial charge in [0.2, 0.25) is 5.78 Å². The van der Waals surface area contributed by atoms with E-state index in [1.54, 1.807) is 25.1 Å². The fraction of sp³-hybridized carbons (Fsp3) is 0.182. The number of carbonyl (C=O) groups is 2. The van der Waals surface area contributed by atoms with E-state index >= 15 is 0 Å². The molecule has 0 bridgehead atoms. The van der Waals surface area contributed by atoms with Crippen LogP contribution in [0.25, 0.3) is 17.0 Å². The van der Waals surface area contributed by atoms with Gasteiger partial charge in [-0.3, -0.25) is 4.79 Å². The lowest BCUT2D eigenvalue weighted by Gasteiger charge is -2.09. The van der Waals surface area contributed by atoms with Gasteiger partial charge in [-0.05, 0) is 31.2 Å². The van der Waals surface area contributed by atoms with Crippen LogP contribution in [0.1, 0.15) is 21.5 Å². The lowest BCUT2D eigenvalue weighted by atomic mass is 10.1. The Morgan fingerprint density at radius 2 is 2.00 bits per heavy atom. The van der Waals surface area contributed by atoms with Gasteiger partial charge in [0, 0.05) is 42.4 Å². The van der Waals surface area contributed by atoms with E-state index in [0.717, 1.165) is 16.5 Å². The second-order valence-electron chi connectivity index (χ2n) is 6.62. The Balaban J connectivity index is 1.70. The molecule has 2 aromatic carbocycles. The van der Waals surface area contributed by atoms with E-state index in [-0.39, 0.29) is 18.1 Å². The van der Waals surface area contributed by atoms with Crippen LogP contribution in [0, 0.1) is 6.92 Å². The molecule has 1 aliphatic heterocycles. The maximum absolute atomic E-state index is 12.8. The minimum atomic E-state index is -0.513. The zero-order valence-corrected chi connectivity index (χ0v) is 15.8. The maximum Gasteiger partial charge on any atom is 0.337 e. The summed E-state index contributed by atoms with van der Waals surface area (Å²) in [6, 6.07) is 11.2. The van der Waals surface area contributed by atoms with Crippen LogP contribution in [-0.2, 0) is 16.6 Å². The summed E-state index contributed by atoms with van der Waals surface area (Å²) in [5.74, 6) is 0.302. The van der Waals surface area contributed by atoms with E-state index < -0.39 is 5.97 Å². The van der Waals surface area contributed by atoms with E-state index in [1.807, 2.05) is 42.1 Å². The Hall–Kier alpha value is -3.38. The van der Waals surface area contributed by atoms with Gasteiger partial charge in [0.15, 0.2) is 5.76 Å². The highest BCUT2D eigenvalue weighted by molar-refractivity contribution is 6.15. The van der Waals surface area contributed by atoms with Crippen molar-refractivity contribution in [2.24, 2.45) is 7.05 Å². The number of allylic oxidation sites excluding steroid dienone is 1. The molecule has 6 heteroatoms. The molecule has 0 saturated heterocycles. The van der Waals surface area contributed by atoms with Gasteiger partial charge in [0.25, 0.3) is 0 Å². The van der Waals surface area contributed by atoms with Crippen LogP contribution < -0.4 is 9.47 Å². The first-order chi connectivity index (χ1) is 13.5. The largest absolute Gasteiger partial charge is 0.452 e. The molecule has 0 fully saturated rings. The van der Waals surface area contributed by atoms with Crippen molar-refractivity contribution in [3.63, 3.8) is 0 Å². The predicted octanol–water partition coefficient (Wildman–Crippen LogP) is 3.65. The van der Waals surface area contributed by atoms with Crippen molar-refractivity contribution >= 4 is 28.7 Å². The molecular formula is C22H19NO5. The zero-order chi connectivity index (χ0) is 19.8. The Morgan fingerprint density at radius 1 is 1.21 bits per heavy atom. The number of nitrogens with zero attached hydrogens (tertiary/aromatic N) is 1. The smallest absolute Gasteiger partial charge is 0.337 e. The maximum atomic E-state index is 12.8. The molecule has 0 N–H and O–H groups in total. The summed E-state index contributed by atoms with van der Waals surface area (Å²) in [5, 5.41) is 1.04. The molecule has 0 amide bonds. The van der Waals surface area contributed by atoms with E-state index in [9.17, 15) is 9.59 Å². The molecule has 0 atom stereocenters. The van der Waals surface area contributed by atoms with Crippen molar-refractivity contribution in [2.45, 2.75) is 6.92 Å². The molecule has 0 spiro atoms. The fourth-order valence-electron chi connectivity index (χ4n) is 3.38. The molecular weight excluding hydrogens is 358 g/mol. The van der Waals surface area contributed by atoms with E-state index in [1.165, 1.54) is 7.11 Å². The molecule has 0 saturated carbocycles. The van der Waals surface area contributed by atoms with Crippen LogP contribution in [0.4, 0.5) is 0 Å². The average molecular weight is 377 g/mol. The highest BCUT2D eigenvalue weighted by atomic mass is 16.6. The first-order valence-electron chi connectivity index (χ1n) is 8.81. The molecule has 0 unspecified atom stereocenters. The second-order valence-corrected chi connectivity index (χ2v) is 6.62. The van der Waals surface area contributed by atoms with Gasteiger partial charge in [-0.15, -0.1) is 0 Å². The lowest BCUT2D eigenvalue weighted by molar-refractivity contribution is -0.138. The quantitative estimate of drug-likeness (QED) is 0.394. The van der Waals surface area contributed by atoms with Gasteiger partial charge in [-0.25, -0.2) is 4.79 Å². The number of para-hydroxylation sites is 1. The molecule has 2 heterocycles. The first kappa shape index (κ1) is 18.0. The standard InChI is InChI=1S/C22H19NO5/c1-13-18(27-20(24)12-26-3)9-8-16-21(25)19(28-22(13)16)10-14-11-23(2)17-7-5-4-6-15(14)17/h4-11H,12H2,1-3H3/b19-10-. The van der Waals surface area contributed by atoms with E-state index in [0.29, 0.717) is 22.6 Å². The highest BCUT2D eigenvalue weighted by Gasteiger charge is 2.30. The van der Waals surface area contributed by atoms with Gasteiger partial charge in [-0.2, -0.15) is 0 Å². The minimum Gasteiger partial charge on any atom is -0.452 e. The van der Waals surface area contributed by atoms with Crippen molar-refractivity contribution in [3.05, 3.63) is 65.0 Å². The van der Waals surface area contributed by atoms with Gasteiger partial charge in [-0.1, -0.05) is 18.2 Å². The number of benzene rings is 2. The topological polar surface area (TPSA) is 66.8 Å². The third kappa shape index (κ3) is 2.97. The Bertz CT molecular complexity index is 1140. The molecule has 4 rings (SSSR count). The number of rotatable bonds is 4. The summed E-state index contributed by atoms with van der Waals surface area (Å²) in [6.07, 6.45) is 3.71. The highest BCUT2D eigenvalue weighted by Crippen LogP contribution is 2.39. The molecule has 6 nitrogen and oxygen atoms in total. The second kappa shape index (κ2) is 6.98. The number of esters is 1. The third-order valence-corrected chi connectivity index (χ3v) is 4.74. The normalized spacial score (nSPS) is 14.4. The number of Topliss-reactive ketones (excluding diaryl/α,β-unsaturated/α-hetero) is 1. The molecule has 142 valence electrons. The first-order valence-corrected chi connectivity index (χ1v) is 8.81. The minimum absolute atomic E-state index is 0.150. The molecule has 3 aromatic rings. The summed E-state index contributed by atoms with van der Waals surface area (Å²) < 4.78 is 17.9. The van der Waals surface area contributed by atoms with Crippen molar-refractivity contribution < 1.29 is 23.8 Å². The number of ketones is 1. The summed E-state index contributed by atoms with van der Waals surface area (Å²) in [6.45, 7) is 1.60. The van der Waals surface area contributed by atoms with Crippen molar-refractivity contribution in [3.8, 4) is 11.5 Å². The van der Waals surface area contributed by atoms with E-state index in [2.05, 4.69) is 0 Å². The van der Waals surface area contributed by atoms with Crippen LogP contribution >= 0.6 is 0 Å². The molecule has 1 aliphatic rings. The number of aromatic nitrogens is 1. The summed E-state index contributed by atoms with van der Waals surface area (Å²) in [4.78, 5) is 24.5. The third-order valence-electron chi connectivity index (χ3n) is 4.74. The summed E-state index contributed by atoms with van der Waals surface area (Å²) in [7, 11) is 3.38. The van der Waals surface area contributed by atoms with Crippen LogP contribution in [0.5, 0.6) is 11.5 Å². The number of ether oxygens (including phenoxy) is 3. The van der Waals surface area contributed by atoms with Crippen LogP contribution in [0.2, 0.25) is 0 Å². The average Bonchev–Trinajstić information content (AvgIpc) is 3.17. The number of aryl methyl sites for hydroxylation is 1. The Kier molecular flexibility index (Phi) is 4.49. The molecule has 28 heavy (non-hydrogen) atoms. The fourth-order valence-corrected chi connectivity index (χ4v) is 3.38. The number of hydrogen-bond acceptors (Lipinski definition) is 5. The molecule has 0 radical (unpaired) electrons. The van der Waals surface area contributed by atoms with Crippen molar-refractivity contribution in [1.29, 1.82) is 0 Å². The lowest BCUT2D eigenvalue weighted by Crippen LogP contribution is -2.14. The van der Waals surface area contributed by atoms with Gasteiger partial charge < -0.3 is 18.8 Å². The zero-order valence-electron chi connectivity index (χ0n) is 15.8. The monoisotopic (exact) mass is 377 g/mol. The van der Waals surface area contributed by atoms with Crippen LogP contribution in [-0.4, -0.2) is 30.0 Å². The van der Waals surface area contributed by atoms with Crippen LogP contribution in [0.3, 0.4) is 0 Å². The number of hydrogen-bond donors (Lipinski definition) is 0.